The highest BCUT2D eigenvalue weighted by Crippen LogP contribution is 2.17. The third kappa shape index (κ3) is 5.20. The maximum Gasteiger partial charge on any atom is 0.318 e. The average Bonchev–Trinajstić information content (AvgIpc) is 3.11. The van der Waals surface area contributed by atoms with Crippen LogP contribution in [0.5, 0.6) is 5.75 Å². The number of para-hydroxylation sites is 1. The second-order valence-electron chi connectivity index (χ2n) is 6.51. The van der Waals surface area contributed by atoms with Gasteiger partial charge in [0.1, 0.15) is 5.75 Å². The van der Waals surface area contributed by atoms with Gasteiger partial charge in [0, 0.05) is 50.1 Å². The topological polar surface area (TPSA) is 83.6 Å². The zero-order chi connectivity index (χ0) is 19.1. The number of urea groups is 1. The van der Waals surface area contributed by atoms with Crippen LogP contribution in [0.25, 0.3) is 0 Å². The van der Waals surface area contributed by atoms with Crippen molar-refractivity contribution in [3.8, 4) is 5.75 Å². The Balaban J connectivity index is 1.66. The molecular formula is C20H24N4O3. The first-order valence-corrected chi connectivity index (χ1v) is 8.98. The first-order chi connectivity index (χ1) is 13.2. The molecule has 1 aromatic carbocycles. The minimum Gasteiger partial charge on any atom is -0.496 e. The highest BCUT2D eigenvalue weighted by molar-refractivity contribution is 5.79. The summed E-state index contributed by atoms with van der Waals surface area (Å²) in [6.07, 6.45) is 4.66. The number of carbonyl (C=O) groups excluding carboxylic acids is 2. The molecule has 2 aromatic rings. The highest BCUT2D eigenvalue weighted by atomic mass is 16.5. The molecule has 1 saturated heterocycles. The molecule has 0 unspecified atom stereocenters. The molecule has 3 amide bonds. The van der Waals surface area contributed by atoms with Crippen molar-refractivity contribution >= 4 is 11.9 Å². The Morgan fingerprint density at radius 3 is 2.78 bits per heavy atom. The summed E-state index contributed by atoms with van der Waals surface area (Å²) in [5.74, 6) is 0.778. The number of hydrogen-bond acceptors (Lipinski definition) is 4. The van der Waals surface area contributed by atoms with Crippen molar-refractivity contribution < 1.29 is 14.3 Å². The molecule has 7 nitrogen and oxygen atoms in total. The number of carbonyl (C=O) groups is 2. The van der Waals surface area contributed by atoms with Gasteiger partial charge in [-0.05, 0) is 30.2 Å². The Bertz CT molecular complexity index is 782. The van der Waals surface area contributed by atoms with E-state index < -0.39 is 0 Å². The Morgan fingerprint density at radius 2 is 2.07 bits per heavy atom. The van der Waals surface area contributed by atoms with E-state index in [9.17, 15) is 9.59 Å². The van der Waals surface area contributed by atoms with Gasteiger partial charge in [-0.15, -0.1) is 0 Å². The van der Waals surface area contributed by atoms with Crippen molar-refractivity contribution in [3.05, 3.63) is 59.9 Å². The van der Waals surface area contributed by atoms with Gasteiger partial charge in [-0.3, -0.25) is 9.78 Å². The van der Waals surface area contributed by atoms with Crippen molar-refractivity contribution in [3.63, 3.8) is 0 Å². The number of ether oxygens (including phenoxy) is 1. The fraction of sp³-hybridized carbons (Fsp3) is 0.350. The molecule has 27 heavy (non-hydrogen) atoms. The second-order valence-corrected chi connectivity index (χ2v) is 6.51. The van der Waals surface area contributed by atoms with Crippen molar-refractivity contribution in [2.24, 2.45) is 0 Å². The Morgan fingerprint density at radius 1 is 1.30 bits per heavy atom. The van der Waals surface area contributed by atoms with Crippen LogP contribution in [0.2, 0.25) is 0 Å². The number of nitrogens with zero attached hydrogens (tertiary/aromatic N) is 2. The van der Waals surface area contributed by atoms with Crippen LogP contribution in [-0.4, -0.2) is 41.5 Å². The summed E-state index contributed by atoms with van der Waals surface area (Å²) in [6, 6.07) is 11.2. The summed E-state index contributed by atoms with van der Waals surface area (Å²) in [4.78, 5) is 30.1. The van der Waals surface area contributed by atoms with E-state index in [0.29, 0.717) is 26.1 Å². The maximum atomic E-state index is 12.8. The summed E-state index contributed by atoms with van der Waals surface area (Å²) < 4.78 is 5.33. The lowest BCUT2D eigenvalue weighted by atomic mass is 10.2. The minimum absolute atomic E-state index is 0.0173. The molecule has 1 atom stereocenters. The summed E-state index contributed by atoms with van der Waals surface area (Å²) in [5, 5.41) is 5.88. The molecule has 2 heterocycles. The molecule has 0 bridgehead atoms. The van der Waals surface area contributed by atoms with Crippen LogP contribution in [0, 0.1) is 0 Å². The predicted molar refractivity (Wildman–Crippen MR) is 101 cm³/mol. The fourth-order valence-corrected chi connectivity index (χ4v) is 3.14. The van der Waals surface area contributed by atoms with Crippen molar-refractivity contribution in [2.75, 3.05) is 13.7 Å². The number of aromatic nitrogens is 1. The van der Waals surface area contributed by atoms with Gasteiger partial charge in [0.15, 0.2) is 0 Å². The molecule has 1 aliphatic rings. The molecular weight excluding hydrogens is 344 g/mol. The molecule has 1 aromatic heterocycles. The molecule has 1 aliphatic heterocycles. The van der Waals surface area contributed by atoms with E-state index in [0.717, 1.165) is 23.3 Å². The summed E-state index contributed by atoms with van der Waals surface area (Å²) in [5.41, 5.74) is 1.90. The van der Waals surface area contributed by atoms with Gasteiger partial charge in [0.2, 0.25) is 5.91 Å². The smallest absolute Gasteiger partial charge is 0.318 e. The standard InChI is InChI=1S/C20H24N4O3/c1-27-18-5-3-2-4-16(18)12-22-20(26)24(13-15-8-10-21-11-9-15)14-17-6-7-19(25)23-17/h2-5,8-11,17H,6-7,12-14H2,1H3,(H,22,26)(H,23,25)/t17-/m0/s1. The van der Waals surface area contributed by atoms with Crippen LogP contribution in [-0.2, 0) is 17.9 Å². The zero-order valence-corrected chi connectivity index (χ0v) is 15.4. The van der Waals surface area contributed by atoms with Gasteiger partial charge >= 0.3 is 6.03 Å². The van der Waals surface area contributed by atoms with E-state index >= 15 is 0 Å². The number of benzene rings is 1. The fourth-order valence-electron chi connectivity index (χ4n) is 3.14. The normalized spacial score (nSPS) is 15.9. The van der Waals surface area contributed by atoms with Crippen LogP contribution < -0.4 is 15.4 Å². The summed E-state index contributed by atoms with van der Waals surface area (Å²) >= 11 is 0. The van der Waals surface area contributed by atoms with E-state index in [-0.39, 0.29) is 18.0 Å². The van der Waals surface area contributed by atoms with Gasteiger partial charge in [-0.2, -0.15) is 0 Å². The van der Waals surface area contributed by atoms with Crippen LogP contribution in [0.3, 0.4) is 0 Å². The monoisotopic (exact) mass is 368 g/mol. The maximum absolute atomic E-state index is 12.8. The largest absolute Gasteiger partial charge is 0.496 e. The Kier molecular flexibility index (Phi) is 6.25. The average molecular weight is 368 g/mol. The molecule has 2 N–H and O–H groups in total. The van der Waals surface area contributed by atoms with E-state index in [1.54, 1.807) is 24.4 Å². The van der Waals surface area contributed by atoms with E-state index in [4.69, 9.17) is 4.74 Å². The molecule has 7 heteroatoms. The van der Waals surface area contributed by atoms with Crippen LogP contribution in [0.4, 0.5) is 4.79 Å². The molecule has 0 aliphatic carbocycles. The third-order valence-electron chi connectivity index (χ3n) is 4.56. The van der Waals surface area contributed by atoms with Crippen LogP contribution in [0.15, 0.2) is 48.8 Å². The molecule has 0 saturated carbocycles. The number of hydrogen-bond donors (Lipinski definition) is 2. The SMILES string of the molecule is COc1ccccc1CNC(=O)N(Cc1ccncc1)C[C@@H]1CCC(=O)N1. The molecule has 1 fully saturated rings. The quantitative estimate of drug-likeness (QED) is 0.784. The molecule has 0 radical (unpaired) electrons. The summed E-state index contributed by atoms with van der Waals surface area (Å²) in [7, 11) is 1.61. The van der Waals surface area contributed by atoms with Gasteiger partial charge in [0.25, 0.3) is 0 Å². The zero-order valence-electron chi connectivity index (χ0n) is 15.4. The summed E-state index contributed by atoms with van der Waals surface area (Å²) in [6.45, 7) is 1.28. The van der Waals surface area contributed by atoms with Gasteiger partial charge in [-0.1, -0.05) is 18.2 Å². The Labute approximate surface area is 158 Å². The minimum atomic E-state index is -0.182. The number of rotatable bonds is 7. The lowest BCUT2D eigenvalue weighted by Crippen LogP contribution is -2.45. The number of amides is 3. The van der Waals surface area contributed by atoms with E-state index in [1.807, 2.05) is 36.4 Å². The van der Waals surface area contributed by atoms with Gasteiger partial charge < -0.3 is 20.3 Å². The van der Waals surface area contributed by atoms with Gasteiger partial charge in [0.05, 0.1) is 7.11 Å². The van der Waals surface area contributed by atoms with Gasteiger partial charge in [-0.25, -0.2) is 4.79 Å². The first kappa shape index (κ1) is 18.7. The molecule has 142 valence electrons. The highest BCUT2D eigenvalue weighted by Gasteiger charge is 2.25. The van der Waals surface area contributed by atoms with Crippen molar-refractivity contribution in [1.82, 2.24) is 20.5 Å². The first-order valence-electron chi connectivity index (χ1n) is 8.98. The van der Waals surface area contributed by atoms with E-state index in [2.05, 4.69) is 15.6 Å². The van der Waals surface area contributed by atoms with Crippen molar-refractivity contribution in [1.29, 1.82) is 0 Å². The lowest BCUT2D eigenvalue weighted by molar-refractivity contribution is -0.119. The molecule has 3 rings (SSSR count). The lowest BCUT2D eigenvalue weighted by Gasteiger charge is -2.26. The van der Waals surface area contributed by atoms with Crippen LogP contribution in [0.1, 0.15) is 24.0 Å². The van der Waals surface area contributed by atoms with Crippen molar-refractivity contribution in [2.45, 2.75) is 32.0 Å². The third-order valence-corrected chi connectivity index (χ3v) is 4.56. The second kappa shape index (κ2) is 9.02. The number of pyridine rings is 1. The molecule has 0 spiro atoms. The Hall–Kier alpha value is -3.09. The van der Waals surface area contributed by atoms with Crippen LogP contribution >= 0.6 is 0 Å². The predicted octanol–water partition coefficient (Wildman–Crippen LogP) is 2.08. The van der Waals surface area contributed by atoms with E-state index in [1.165, 1.54) is 0 Å². The number of nitrogens with one attached hydrogen (secondary N) is 2. The number of methoxy groups -OCH3 is 1.